The van der Waals surface area contributed by atoms with Gasteiger partial charge in [-0.15, -0.1) is 0 Å². The maximum Gasteiger partial charge on any atom is 0.309 e. The first-order valence-corrected chi connectivity index (χ1v) is 6.14. The van der Waals surface area contributed by atoms with Crippen LogP contribution in [0.2, 0.25) is 15.1 Å². The van der Waals surface area contributed by atoms with E-state index in [1.165, 1.54) is 0 Å². The molecule has 0 spiro atoms. The van der Waals surface area contributed by atoms with E-state index in [9.17, 15) is 4.79 Å². The summed E-state index contributed by atoms with van der Waals surface area (Å²) in [7, 11) is 0. The quantitative estimate of drug-likeness (QED) is 0.598. The number of esters is 1. The standard InChI is InChI=1S/C12H11Cl3O2/c1-2-17-11(16)5-3-4-8-6-9(13)12(15)10(14)7-8/h3-4,6-7H,2,5H2,1H3. The Balaban J connectivity index is 2.69. The Morgan fingerprint density at radius 2 is 1.88 bits per heavy atom. The molecule has 2 nitrogen and oxygen atoms in total. The lowest BCUT2D eigenvalue weighted by molar-refractivity contribution is -0.142. The van der Waals surface area contributed by atoms with E-state index < -0.39 is 0 Å². The van der Waals surface area contributed by atoms with E-state index in [1.807, 2.05) is 0 Å². The number of hydrogen-bond acceptors (Lipinski definition) is 2. The van der Waals surface area contributed by atoms with Gasteiger partial charge in [0.1, 0.15) is 0 Å². The van der Waals surface area contributed by atoms with Crippen molar-refractivity contribution in [1.29, 1.82) is 0 Å². The highest BCUT2D eigenvalue weighted by molar-refractivity contribution is 6.48. The predicted molar refractivity (Wildman–Crippen MR) is 71.8 cm³/mol. The zero-order valence-corrected chi connectivity index (χ0v) is 11.4. The maximum atomic E-state index is 11.1. The van der Waals surface area contributed by atoms with Crippen molar-refractivity contribution in [3.63, 3.8) is 0 Å². The third-order valence-electron chi connectivity index (χ3n) is 1.91. The van der Waals surface area contributed by atoms with Gasteiger partial charge >= 0.3 is 5.97 Å². The minimum Gasteiger partial charge on any atom is -0.466 e. The fourth-order valence-corrected chi connectivity index (χ4v) is 1.80. The van der Waals surface area contributed by atoms with Crippen LogP contribution in [0.3, 0.4) is 0 Å². The first-order valence-electron chi connectivity index (χ1n) is 5.01. The minimum absolute atomic E-state index is 0.214. The van der Waals surface area contributed by atoms with E-state index in [2.05, 4.69) is 0 Å². The molecule has 1 aromatic rings. The van der Waals surface area contributed by atoms with Gasteiger partial charge in [0.2, 0.25) is 0 Å². The molecule has 0 amide bonds. The zero-order valence-electron chi connectivity index (χ0n) is 9.17. The van der Waals surface area contributed by atoms with E-state index in [1.54, 1.807) is 31.2 Å². The third-order valence-corrected chi connectivity index (χ3v) is 3.10. The van der Waals surface area contributed by atoms with Crippen LogP contribution in [0.15, 0.2) is 18.2 Å². The summed E-state index contributed by atoms with van der Waals surface area (Å²) in [5.41, 5.74) is 0.786. The third kappa shape index (κ3) is 4.58. The SMILES string of the molecule is CCOC(=O)CC=Cc1cc(Cl)c(Cl)c(Cl)c1. The summed E-state index contributed by atoms with van der Waals surface area (Å²) < 4.78 is 4.78. The molecule has 0 aliphatic rings. The monoisotopic (exact) mass is 292 g/mol. The molecule has 0 atom stereocenters. The average molecular weight is 294 g/mol. The fourth-order valence-electron chi connectivity index (χ4n) is 1.18. The zero-order chi connectivity index (χ0) is 12.8. The second-order valence-corrected chi connectivity index (χ2v) is 4.40. The number of ether oxygens (including phenoxy) is 1. The van der Waals surface area contributed by atoms with Gasteiger partial charge in [-0.25, -0.2) is 0 Å². The van der Waals surface area contributed by atoms with Crippen LogP contribution in [-0.4, -0.2) is 12.6 Å². The molecule has 0 bridgehead atoms. The van der Waals surface area contributed by atoms with Crippen LogP contribution in [0.25, 0.3) is 6.08 Å². The fraction of sp³-hybridized carbons (Fsp3) is 0.250. The van der Waals surface area contributed by atoms with Crippen LogP contribution in [0.4, 0.5) is 0 Å². The highest BCUT2D eigenvalue weighted by Gasteiger charge is 2.04. The van der Waals surface area contributed by atoms with Gasteiger partial charge in [-0.2, -0.15) is 0 Å². The first kappa shape index (κ1) is 14.4. The molecule has 1 aromatic carbocycles. The van der Waals surface area contributed by atoms with Crippen LogP contribution >= 0.6 is 34.8 Å². The Kier molecular flexibility index (Phi) is 5.83. The van der Waals surface area contributed by atoms with Crippen LogP contribution in [0, 0.1) is 0 Å². The summed E-state index contributed by atoms with van der Waals surface area (Å²) in [5, 5.41) is 1.10. The van der Waals surface area contributed by atoms with Crippen molar-refractivity contribution < 1.29 is 9.53 Å². The van der Waals surface area contributed by atoms with Gasteiger partial charge in [-0.3, -0.25) is 4.79 Å². The lowest BCUT2D eigenvalue weighted by atomic mass is 10.2. The summed E-state index contributed by atoms with van der Waals surface area (Å²) in [6.07, 6.45) is 3.64. The van der Waals surface area contributed by atoms with Crippen LogP contribution < -0.4 is 0 Å². The topological polar surface area (TPSA) is 26.3 Å². The Labute approximate surface area is 115 Å². The summed E-state index contributed by atoms with van der Waals surface area (Å²) in [6, 6.07) is 3.36. The molecule has 5 heteroatoms. The van der Waals surface area contributed by atoms with Gasteiger partial charge < -0.3 is 4.74 Å². The van der Waals surface area contributed by atoms with E-state index in [0.717, 1.165) is 5.56 Å². The Hall–Kier alpha value is -0.700. The Morgan fingerprint density at radius 1 is 1.29 bits per heavy atom. The van der Waals surface area contributed by atoms with Crippen molar-refractivity contribution in [3.8, 4) is 0 Å². The molecule has 0 aromatic heterocycles. The molecule has 0 aliphatic heterocycles. The van der Waals surface area contributed by atoms with Gasteiger partial charge in [0.25, 0.3) is 0 Å². The van der Waals surface area contributed by atoms with Gasteiger partial charge in [-0.05, 0) is 24.6 Å². The molecule has 0 unspecified atom stereocenters. The van der Waals surface area contributed by atoms with E-state index in [-0.39, 0.29) is 12.4 Å². The van der Waals surface area contributed by atoms with Crippen molar-refractivity contribution >= 4 is 46.8 Å². The Morgan fingerprint density at radius 3 is 2.41 bits per heavy atom. The predicted octanol–water partition coefficient (Wildman–Crippen LogP) is 4.61. The minimum atomic E-state index is -0.269. The van der Waals surface area contributed by atoms with Crippen LogP contribution in [0.5, 0.6) is 0 Å². The van der Waals surface area contributed by atoms with Gasteiger partial charge in [0.05, 0.1) is 28.1 Å². The van der Waals surface area contributed by atoms with Crippen molar-refractivity contribution in [2.45, 2.75) is 13.3 Å². The largest absolute Gasteiger partial charge is 0.466 e. The molecular weight excluding hydrogens is 282 g/mol. The molecule has 0 saturated carbocycles. The molecule has 92 valence electrons. The molecular formula is C12H11Cl3O2. The number of carbonyl (C=O) groups is 1. The molecule has 17 heavy (non-hydrogen) atoms. The Bertz CT molecular complexity index is 418. The van der Waals surface area contributed by atoms with Gasteiger partial charge in [-0.1, -0.05) is 47.0 Å². The number of halogens is 3. The smallest absolute Gasteiger partial charge is 0.309 e. The molecule has 0 N–H and O–H groups in total. The van der Waals surface area contributed by atoms with Gasteiger partial charge in [0.15, 0.2) is 0 Å². The molecule has 0 aliphatic carbocycles. The molecule has 0 heterocycles. The first-order chi connectivity index (χ1) is 8.04. The van der Waals surface area contributed by atoms with Crippen molar-refractivity contribution in [2.75, 3.05) is 6.61 Å². The molecule has 1 rings (SSSR count). The van der Waals surface area contributed by atoms with Crippen molar-refractivity contribution in [2.24, 2.45) is 0 Å². The lowest BCUT2D eigenvalue weighted by Crippen LogP contribution is -2.01. The average Bonchev–Trinajstić information content (AvgIpc) is 2.26. The van der Waals surface area contributed by atoms with Crippen molar-refractivity contribution in [1.82, 2.24) is 0 Å². The van der Waals surface area contributed by atoms with Crippen LogP contribution in [0.1, 0.15) is 18.9 Å². The second kappa shape index (κ2) is 6.90. The number of hydrogen-bond donors (Lipinski definition) is 0. The highest BCUT2D eigenvalue weighted by Crippen LogP contribution is 2.31. The number of carbonyl (C=O) groups excluding carboxylic acids is 1. The second-order valence-electron chi connectivity index (χ2n) is 3.21. The molecule has 0 radical (unpaired) electrons. The lowest BCUT2D eigenvalue weighted by Gasteiger charge is -2.01. The van der Waals surface area contributed by atoms with Crippen molar-refractivity contribution in [3.05, 3.63) is 38.8 Å². The highest BCUT2D eigenvalue weighted by atomic mass is 35.5. The summed E-state index contributed by atoms with van der Waals surface area (Å²) >= 11 is 17.6. The number of rotatable bonds is 4. The number of benzene rings is 1. The summed E-state index contributed by atoms with van der Waals surface area (Å²) in [6.45, 7) is 2.14. The summed E-state index contributed by atoms with van der Waals surface area (Å²) in [5.74, 6) is -0.269. The van der Waals surface area contributed by atoms with E-state index in [0.29, 0.717) is 21.7 Å². The maximum absolute atomic E-state index is 11.1. The van der Waals surface area contributed by atoms with Gasteiger partial charge in [0, 0.05) is 0 Å². The molecule has 0 saturated heterocycles. The molecule has 0 fully saturated rings. The van der Waals surface area contributed by atoms with E-state index >= 15 is 0 Å². The van der Waals surface area contributed by atoms with Crippen LogP contribution in [-0.2, 0) is 9.53 Å². The normalized spacial score (nSPS) is 10.8. The van der Waals surface area contributed by atoms with E-state index in [4.69, 9.17) is 39.5 Å². The summed E-state index contributed by atoms with van der Waals surface area (Å²) in [4.78, 5) is 11.1.